The van der Waals surface area contributed by atoms with Gasteiger partial charge in [0, 0.05) is 50.3 Å². The van der Waals surface area contributed by atoms with Gasteiger partial charge in [0.2, 0.25) is 0 Å². The van der Waals surface area contributed by atoms with E-state index in [4.69, 9.17) is 4.74 Å². The van der Waals surface area contributed by atoms with Crippen LogP contribution in [0.15, 0.2) is 4.99 Å². The molecule has 1 saturated heterocycles. The van der Waals surface area contributed by atoms with Crippen LogP contribution in [0, 0.1) is 5.41 Å². The summed E-state index contributed by atoms with van der Waals surface area (Å²) in [5.41, 5.74) is 0.364. The van der Waals surface area contributed by atoms with Gasteiger partial charge in [-0.05, 0) is 45.4 Å². The summed E-state index contributed by atoms with van der Waals surface area (Å²) in [6, 6.07) is 1.97. The molecule has 0 bridgehead atoms. The van der Waals surface area contributed by atoms with E-state index in [1.165, 1.54) is 58.0 Å². The van der Waals surface area contributed by atoms with Gasteiger partial charge in [0.1, 0.15) is 0 Å². The molecule has 3 saturated carbocycles. The maximum Gasteiger partial charge on any atom is 0.191 e. The van der Waals surface area contributed by atoms with Crippen LogP contribution in [0.25, 0.3) is 0 Å². The molecule has 4 rings (SSSR count). The van der Waals surface area contributed by atoms with E-state index in [-0.39, 0.29) is 24.0 Å². The summed E-state index contributed by atoms with van der Waals surface area (Å²) in [7, 11) is 1.91. The standard InChI is InChI=1S/C19H34N4O.HI/c1-3-24-17-12-16(19(17)9-4-5-10-19)22-18(20-2)21-14-8-11-23(13-14)15-6-7-15;/h14-17H,3-13H2,1-2H3,(H2,20,21,22);1H. The number of guanidine groups is 1. The summed E-state index contributed by atoms with van der Waals surface area (Å²) in [5, 5.41) is 7.44. The van der Waals surface area contributed by atoms with Crippen molar-refractivity contribution in [1.82, 2.24) is 15.5 Å². The summed E-state index contributed by atoms with van der Waals surface area (Å²) in [6.45, 7) is 5.39. The molecular weight excluding hydrogens is 427 g/mol. The van der Waals surface area contributed by atoms with Crippen LogP contribution in [-0.2, 0) is 4.74 Å². The van der Waals surface area contributed by atoms with Crippen LogP contribution in [0.4, 0.5) is 0 Å². The SMILES string of the molecule is CCOC1CC(NC(=NC)NC2CCN(C3CC3)C2)C12CCCC2.I. The van der Waals surface area contributed by atoms with E-state index in [9.17, 15) is 0 Å². The van der Waals surface area contributed by atoms with Crippen molar-refractivity contribution in [3.63, 3.8) is 0 Å². The number of nitrogens with zero attached hydrogens (tertiary/aromatic N) is 2. The Labute approximate surface area is 169 Å². The number of likely N-dealkylation sites (tertiary alicyclic amines) is 1. The highest BCUT2D eigenvalue weighted by Crippen LogP contribution is 2.54. The van der Waals surface area contributed by atoms with Crippen LogP contribution in [0.5, 0.6) is 0 Å². The largest absolute Gasteiger partial charge is 0.378 e. The molecule has 3 atom stereocenters. The third-order valence-corrected chi connectivity index (χ3v) is 6.85. The Morgan fingerprint density at radius 2 is 1.96 bits per heavy atom. The van der Waals surface area contributed by atoms with Crippen molar-refractivity contribution in [1.29, 1.82) is 0 Å². The van der Waals surface area contributed by atoms with Gasteiger partial charge in [0.15, 0.2) is 5.96 Å². The zero-order valence-corrected chi connectivity index (χ0v) is 18.1. The van der Waals surface area contributed by atoms with Crippen LogP contribution in [0.3, 0.4) is 0 Å². The molecule has 6 heteroatoms. The Morgan fingerprint density at radius 3 is 2.60 bits per heavy atom. The Hall–Kier alpha value is -0.0800. The van der Waals surface area contributed by atoms with E-state index < -0.39 is 0 Å². The van der Waals surface area contributed by atoms with Gasteiger partial charge in [-0.1, -0.05) is 12.8 Å². The molecule has 5 nitrogen and oxygen atoms in total. The number of aliphatic imine (C=N–C) groups is 1. The summed E-state index contributed by atoms with van der Waals surface area (Å²) in [6.07, 6.45) is 11.0. The van der Waals surface area contributed by atoms with E-state index in [0.29, 0.717) is 23.6 Å². The average molecular weight is 462 g/mol. The highest BCUT2D eigenvalue weighted by atomic mass is 127. The third-order valence-electron chi connectivity index (χ3n) is 6.85. The van der Waals surface area contributed by atoms with E-state index in [2.05, 4.69) is 27.4 Å². The number of hydrogen-bond donors (Lipinski definition) is 2. The first-order chi connectivity index (χ1) is 11.7. The van der Waals surface area contributed by atoms with Gasteiger partial charge < -0.3 is 15.4 Å². The predicted molar refractivity (Wildman–Crippen MR) is 113 cm³/mol. The first kappa shape index (κ1) is 19.7. The van der Waals surface area contributed by atoms with Gasteiger partial charge in [-0.15, -0.1) is 24.0 Å². The summed E-state index contributed by atoms with van der Waals surface area (Å²) in [4.78, 5) is 7.17. The van der Waals surface area contributed by atoms with Crippen molar-refractivity contribution in [2.75, 3.05) is 26.7 Å². The molecule has 0 aromatic rings. The lowest BCUT2D eigenvalue weighted by Gasteiger charge is -2.54. The summed E-state index contributed by atoms with van der Waals surface area (Å²) in [5.74, 6) is 1.00. The fourth-order valence-electron chi connectivity index (χ4n) is 5.29. The van der Waals surface area contributed by atoms with E-state index in [0.717, 1.165) is 25.0 Å². The minimum Gasteiger partial charge on any atom is -0.378 e. The molecule has 0 radical (unpaired) electrons. The molecular formula is C19H35IN4O. The first-order valence-electron chi connectivity index (χ1n) is 10.1. The predicted octanol–water partition coefficient (Wildman–Crippen LogP) is 2.74. The summed E-state index contributed by atoms with van der Waals surface area (Å²) < 4.78 is 6.03. The van der Waals surface area contributed by atoms with Gasteiger partial charge in [-0.25, -0.2) is 0 Å². The van der Waals surface area contributed by atoms with Crippen molar-refractivity contribution < 1.29 is 4.74 Å². The molecule has 144 valence electrons. The van der Waals surface area contributed by atoms with Crippen LogP contribution in [0.1, 0.15) is 58.3 Å². The minimum absolute atomic E-state index is 0. The molecule has 4 aliphatic rings. The second-order valence-corrected chi connectivity index (χ2v) is 8.25. The molecule has 4 fully saturated rings. The minimum atomic E-state index is 0. The number of nitrogens with one attached hydrogen (secondary N) is 2. The smallest absolute Gasteiger partial charge is 0.191 e. The van der Waals surface area contributed by atoms with E-state index >= 15 is 0 Å². The fraction of sp³-hybridized carbons (Fsp3) is 0.947. The monoisotopic (exact) mass is 462 g/mol. The Kier molecular flexibility index (Phi) is 6.53. The lowest BCUT2D eigenvalue weighted by Crippen LogP contribution is -2.65. The number of hydrogen-bond acceptors (Lipinski definition) is 3. The molecule has 1 spiro atoms. The topological polar surface area (TPSA) is 48.9 Å². The normalized spacial score (nSPS) is 34.6. The lowest BCUT2D eigenvalue weighted by atomic mass is 9.60. The molecule has 0 amide bonds. The van der Waals surface area contributed by atoms with Crippen molar-refractivity contribution in [2.45, 2.75) is 82.5 Å². The van der Waals surface area contributed by atoms with Crippen molar-refractivity contribution in [3.05, 3.63) is 0 Å². The number of rotatable bonds is 5. The van der Waals surface area contributed by atoms with Gasteiger partial charge in [0.25, 0.3) is 0 Å². The quantitative estimate of drug-likeness (QED) is 0.375. The average Bonchev–Trinajstić information content (AvgIpc) is 3.12. The van der Waals surface area contributed by atoms with Crippen LogP contribution in [-0.4, -0.2) is 61.8 Å². The zero-order chi connectivity index (χ0) is 16.6. The number of halogens is 1. The van der Waals surface area contributed by atoms with Crippen molar-refractivity contribution in [3.8, 4) is 0 Å². The highest BCUT2D eigenvalue weighted by molar-refractivity contribution is 14.0. The van der Waals surface area contributed by atoms with Gasteiger partial charge in [0.05, 0.1) is 6.10 Å². The number of ether oxygens (including phenoxy) is 1. The molecule has 0 aromatic heterocycles. The van der Waals surface area contributed by atoms with Gasteiger partial charge in [-0.2, -0.15) is 0 Å². The fourth-order valence-corrected chi connectivity index (χ4v) is 5.29. The van der Waals surface area contributed by atoms with Crippen molar-refractivity contribution in [2.24, 2.45) is 10.4 Å². The van der Waals surface area contributed by atoms with Gasteiger partial charge >= 0.3 is 0 Å². The first-order valence-corrected chi connectivity index (χ1v) is 10.1. The van der Waals surface area contributed by atoms with E-state index in [1.54, 1.807) is 0 Å². The summed E-state index contributed by atoms with van der Waals surface area (Å²) >= 11 is 0. The van der Waals surface area contributed by atoms with Gasteiger partial charge in [-0.3, -0.25) is 9.89 Å². The second-order valence-electron chi connectivity index (χ2n) is 8.25. The van der Waals surface area contributed by atoms with Crippen molar-refractivity contribution >= 4 is 29.9 Å². The maximum atomic E-state index is 6.03. The van der Waals surface area contributed by atoms with Crippen LogP contribution >= 0.6 is 24.0 Å². The third kappa shape index (κ3) is 3.95. The second kappa shape index (κ2) is 8.30. The van der Waals surface area contributed by atoms with Crippen LogP contribution in [0.2, 0.25) is 0 Å². The highest BCUT2D eigenvalue weighted by Gasteiger charge is 2.57. The molecule has 1 heterocycles. The maximum absolute atomic E-state index is 6.03. The Bertz CT molecular complexity index is 476. The van der Waals surface area contributed by atoms with E-state index in [1.807, 2.05) is 7.05 Å². The lowest BCUT2D eigenvalue weighted by molar-refractivity contribution is -0.125. The molecule has 1 aliphatic heterocycles. The molecule has 3 aliphatic carbocycles. The Balaban J connectivity index is 0.00000182. The molecule has 0 aromatic carbocycles. The molecule has 3 unspecified atom stereocenters. The molecule has 25 heavy (non-hydrogen) atoms. The zero-order valence-electron chi connectivity index (χ0n) is 15.8. The molecule has 2 N–H and O–H groups in total. The van der Waals surface area contributed by atoms with Crippen LogP contribution < -0.4 is 10.6 Å². The Morgan fingerprint density at radius 1 is 1.20 bits per heavy atom.